The topological polar surface area (TPSA) is 70.8 Å². The monoisotopic (exact) mass is 239 g/mol. The highest BCUT2D eigenvalue weighted by atomic mass is 16.5. The van der Waals surface area contributed by atoms with Crippen LogP contribution in [0, 0.1) is 0 Å². The highest BCUT2D eigenvalue weighted by Gasteiger charge is 2.13. The van der Waals surface area contributed by atoms with Gasteiger partial charge in [0.25, 0.3) is 0 Å². The minimum absolute atomic E-state index is 0.133. The first kappa shape index (κ1) is 13.2. The van der Waals surface area contributed by atoms with E-state index in [2.05, 4.69) is 0 Å². The zero-order valence-electron chi connectivity index (χ0n) is 10.3. The van der Waals surface area contributed by atoms with E-state index in [0.717, 1.165) is 0 Å². The van der Waals surface area contributed by atoms with E-state index in [1.807, 2.05) is 0 Å². The number of carbonyl (C=O) groups is 1. The van der Waals surface area contributed by atoms with E-state index < -0.39 is 0 Å². The zero-order chi connectivity index (χ0) is 12.8. The zero-order valence-corrected chi connectivity index (χ0v) is 10.3. The van der Waals surface area contributed by atoms with E-state index in [-0.39, 0.29) is 12.4 Å². The van der Waals surface area contributed by atoms with Gasteiger partial charge in [0, 0.05) is 11.6 Å². The van der Waals surface area contributed by atoms with Crippen LogP contribution in [0.3, 0.4) is 0 Å². The molecule has 5 nitrogen and oxygen atoms in total. The molecule has 94 valence electrons. The van der Waals surface area contributed by atoms with Gasteiger partial charge < -0.3 is 19.9 Å². The van der Waals surface area contributed by atoms with E-state index in [4.69, 9.17) is 19.9 Å². The number of methoxy groups -OCH3 is 2. The molecule has 0 saturated heterocycles. The molecule has 0 saturated carbocycles. The summed E-state index contributed by atoms with van der Waals surface area (Å²) in [5.41, 5.74) is 6.91. The largest absolute Gasteiger partial charge is 0.496 e. The molecule has 0 fully saturated rings. The smallest absolute Gasteiger partial charge is 0.310 e. The number of nitrogen functional groups attached to an aromatic ring is 1. The van der Waals surface area contributed by atoms with Crippen molar-refractivity contribution in [1.29, 1.82) is 0 Å². The van der Waals surface area contributed by atoms with E-state index >= 15 is 0 Å². The maximum absolute atomic E-state index is 11.4. The number of ether oxygens (including phenoxy) is 3. The normalized spacial score (nSPS) is 9.82. The standard InChI is InChI=1S/C12H17NO4/c1-4-17-12(14)6-8-5-11(16-3)9(13)7-10(8)15-2/h5,7H,4,6,13H2,1-3H3. The van der Waals surface area contributed by atoms with Crippen LogP contribution in [0.25, 0.3) is 0 Å². The average molecular weight is 239 g/mol. The van der Waals surface area contributed by atoms with Gasteiger partial charge in [-0.15, -0.1) is 0 Å². The Labute approximate surface area is 100 Å². The van der Waals surface area contributed by atoms with Crippen LogP contribution in [-0.2, 0) is 16.0 Å². The summed E-state index contributed by atoms with van der Waals surface area (Å²) in [6.07, 6.45) is 0.133. The average Bonchev–Trinajstić information content (AvgIpc) is 2.31. The van der Waals surface area contributed by atoms with Crippen molar-refractivity contribution in [3.63, 3.8) is 0 Å². The minimum Gasteiger partial charge on any atom is -0.496 e. The van der Waals surface area contributed by atoms with E-state index in [1.165, 1.54) is 14.2 Å². The molecular weight excluding hydrogens is 222 g/mol. The molecule has 1 rings (SSSR count). The summed E-state index contributed by atoms with van der Waals surface area (Å²) in [4.78, 5) is 11.4. The van der Waals surface area contributed by atoms with Crippen LogP contribution in [0.4, 0.5) is 5.69 Å². The van der Waals surface area contributed by atoms with Gasteiger partial charge in [-0.05, 0) is 13.0 Å². The number of rotatable bonds is 5. The van der Waals surface area contributed by atoms with Gasteiger partial charge in [-0.2, -0.15) is 0 Å². The summed E-state index contributed by atoms with van der Waals surface area (Å²) in [5, 5.41) is 0. The summed E-state index contributed by atoms with van der Waals surface area (Å²) in [7, 11) is 3.04. The summed E-state index contributed by atoms with van der Waals surface area (Å²) in [5.74, 6) is 0.763. The van der Waals surface area contributed by atoms with Crippen LogP contribution >= 0.6 is 0 Å². The second kappa shape index (κ2) is 5.98. The number of hydrogen-bond acceptors (Lipinski definition) is 5. The van der Waals surface area contributed by atoms with Crippen LogP contribution in [0.1, 0.15) is 12.5 Å². The van der Waals surface area contributed by atoms with Crippen molar-refractivity contribution in [3.05, 3.63) is 17.7 Å². The first-order valence-electron chi connectivity index (χ1n) is 5.28. The summed E-state index contributed by atoms with van der Waals surface area (Å²) in [6, 6.07) is 3.32. The van der Waals surface area contributed by atoms with Gasteiger partial charge in [0.15, 0.2) is 0 Å². The molecule has 0 radical (unpaired) electrons. The number of esters is 1. The van der Waals surface area contributed by atoms with Crippen molar-refractivity contribution in [3.8, 4) is 11.5 Å². The fourth-order valence-electron chi connectivity index (χ4n) is 1.49. The van der Waals surface area contributed by atoms with Gasteiger partial charge >= 0.3 is 5.97 Å². The van der Waals surface area contributed by atoms with Crippen LogP contribution in [0.5, 0.6) is 11.5 Å². The van der Waals surface area contributed by atoms with Gasteiger partial charge in [0.05, 0.1) is 32.9 Å². The maximum Gasteiger partial charge on any atom is 0.310 e. The summed E-state index contributed by atoms with van der Waals surface area (Å²) in [6.45, 7) is 2.12. The number of anilines is 1. The molecule has 1 aromatic carbocycles. The van der Waals surface area contributed by atoms with Gasteiger partial charge in [-0.25, -0.2) is 0 Å². The Morgan fingerprint density at radius 1 is 1.24 bits per heavy atom. The lowest BCUT2D eigenvalue weighted by molar-refractivity contribution is -0.142. The van der Waals surface area contributed by atoms with E-state index in [1.54, 1.807) is 19.1 Å². The quantitative estimate of drug-likeness (QED) is 0.621. The molecule has 5 heteroatoms. The molecule has 0 aliphatic heterocycles. The fraction of sp³-hybridized carbons (Fsp3) is 0.417. The van der Waals surface area contributed by atoms with E-state index in [9.17, 15) is 4.79 Å². The van der Waals surface area contributed by atoms with Gasteiger partial charge in [-0.1, -0.05) is 0 Å². The molecule has 0 aromatic heterocycles. The third kappa shape index (κ3) is 3.27. The van der Waals surface area contributed by atoms with Gasteiger partial charge in [0.2, 0.25) is 0 Å². The van der Waals surface area contributed by atoms with Crippen molar-refractivity contribution in [2.75, 3.05) is 26.6 Å². The molecule has 0 atom stereocenters. The third-order valence-electron chi connectivity index (χ3n) is 2.27. The molecule has 1 aromatic rings. The maximum atomic E-state index is 11.4. The Hall–Kier alpha value is -1.91. The first-order chi connectivity index (χ1) is 8.12. The molecule has 17 heavy (non-hydrogen) atoms. The molecule has 0 bridgehead atoms. The Bertz CT molecular complexity index is 404. The minimum atomic E-state index is -0.308. The molecule has 0 aliphatic carbocycles. The Kier molecular flexibility index (Phi) is 4.63. The van der Waals surface area contributed by atoms with Gasteiger partial charge in [0.1, 0.15) is 11.5 Å². The van der Waals surface area contributed by atoms with Crippen molar-refractivity contribution in [1.82, 2.24) is 0 Å². The predicted molar refractivity (Wildman–Crippen MR) is 64.3 cm³/mol. The Balaban J connectivity index is 2.99. The SMILES string of the molecule is CCOC(=O)Cc1cc(OC)c(N)cc1OC. The summed E-state index contributed by atoms with van der Waals surface area (Å²) < 4.78 is 15.1. The second-order valence-corrected chi connectivity index (χ2v) is 3.39. The molecule has 0 amide bonds. The Morgan fingerprint density at radius 3 is 2.41 bits per heavy atom. The summed E-state index contributed by atoms with van der Waals surface area (Å²) >= 11 is 0. The molecule has 0 unspecified atom stereocenters. The van der Waals surface area contributed by atoms with Crippen molar-refractivity contribution < 1.29 is 19.0 Å². The van der Waals surface area contributed by atoms with Crippen LogP contribution in [0.15, 0.2) is 12.1 Å². The van der Waals surface area contributed by atoms with Crippen LogP contribution in [-0.4, -0.2) is 26.8 Å². The lowest BCUT2D eigenvalue weighted by Crippen LogP contribution is -2.09. The van der Waals surface area contributed by atoms with Crippen molar-refractivity contribution in [2.45, 2.75) is 13.3 Å². The Morgan fingerprint density at radius 2 is 1.88 bits per heavy atom. The highest BCUT2D eigenvalue weighted by molar-refractivity contribution is 5.75. The molecular formula is C12H17NO4. The third-order valence-corrected chi connectivity index (χ3v) is 2.27. The lowest BCUT2D eigenvalue weighted by Gasteiger charge is -2.12. The predicted octanol–water partition coefficient (Wildman–Crippen LogP) is 1.39. The van der Waals surface area contributed by atoms with Crippen LogP contribution < -0.4 is 15.2 Å². The number of benzene rings is 1. The molecule has 0 aliphatic rings. The van der Waals surface area contributed by atoms with Crippen molar-refractivity contribution >= 4 is 11.7 Å². The number of hydrogen-bond donors (Lipinski definition) is 1. The van der Waals surface area contributed by atoms with E-state index in [0.29, 0.717) is 29.4 Å². The second-order valence-electron chi connectivity index (χ2n) is 3.39. The number of carbonyl (C=O) groups excluding carboxylic acids is 1. The fourth-order valence-corrected chi connectivity index (χ4v) is 1.49. The lowest BCUT2D eigenvalue weighted by atomic mass is 10.1. The first-order valence-corrected chi connectivity index (χ1v) is 5.28. The molecule has 2 N–H and O–H groups in total. The molecule has 0 spiro atoms. The van der Waals surface area contributed by atoms with Crippen LogP contribution in [0.2, 0.25) is 0 Å². The number of nitrogens with two attached hydrogens (primary N) is 1. The highest BCUT2D eigenvalue weighted by Crippen LogP contribution is 2.31. The van der Waals surface area contributed by atoms with Crippen molar-refractivity contribution in [2.24, 2.45) is 0 Å². The molecule has 0 heterocycles. The van der Waals surface area contributed by atoms with Gasteiger partial charge in [-0.3, -0.25) is 4.79 Å².